The Balaban J connectivity index is 2.08. The second kappa shape index (κ2) is 7.89. The van der Waals surface area contributed by atoms with Crippen LogP contribution in [0.15, 0.2) is 52.7 Å². The first-order valence-corrected chi connectivity index (χ1v) is 8.29. The third-order valence-corrected chi connectivity index (χ3v) is 4.79. The molecule has 0 saturated carbocycles. The van der Waals surface area contributed by atoms with Gasteiger partial charge < -0.3 is 16.3 Å². The summed E-state index contributed by atoms with van der Waals surface area (Å²) in [6.07, 6.45) is 6.59. The van der Waals surface area contributed by atoms with Gasteiger partial charge in [-0.25, -0.2) is 10.6 Å². The molecule has 0 radical (unpaired) electrons. The molecular weight excluding hydrogens is 310 g/mol. The maximum absolute atomic E-state index is 10.9. The molecule has 1 aromatic rings. The highest BCUT2D eigenvalue weighted by Gasteiger charge is 2.11. The van der Waals surface area contributed by atoms with E-state index < -0.39 is 5.97 Å². The normalized spacial score (nSPS) is 15.4. The summed E-state index contributed by atoms with van der Waals surface area (Å²) in [6, 6.07) is 8.25. The summed E-state index contributed by atoms with van der Waals surface area (Å²) in [5.41, 5.74) is 12.5. The highest BCUT2D eigenvalue weighted by atomic mass is 32.2. The van der Waals surface area contributed by atoms with E-state index in [1.54, 1.807) is 0 Å². The topological polar surface area (TPSA) is 101 Å². The van der Waals surface area contributed by atoms with Gasteiger partial charge in [0.1, 0.15) is 10.7 Å². The van der Waals surface area contributed by atoms with Crippen LogP contribution >= 0.6 is 11.8 Å². The van der Waals surface area contributed by atoms with Gasteiger partial charge >= 0.3 is 5.97 Å². The molecule has 1 aromatic carbocycles. The van der Waals surface area contributed by atoms with Gasteiger partial charge in [-0.05, 0) is 36.5 Å². The van der Waals surface area contributed by atoms with E-state index in [9.17, 15) is 4.79 Å². The number of aliphatic carboxylic acids is 1. The molecular formula is C17H21N3O2S. The third kappa shape index (κ3) is 4.40. The van der Waals surface area contributed by atoms with Crippen LogP contribution in [0.4, 0.5) is 0 Å². The summed E-state index contributed by atoms with van der Waals surface area (Å²) >= 11 is 1.26. The van der Waals surface area contributed by atoms with Gasteiger partial charge in [0.2, 0.25) is 0 Å². The number of hydrazine groups is 1. The van der Waals surface area contributed by atoms with Gasteiger partial charge in [-0.2, -0.15) is 0 Å². The standard InChI is InChI=1S/C17H21N3O2S/c1-11-4-2-3-5-14(11)13-8-6-12(7-9-13)10-23-16(20-19)15(18)17(21)22/h3,5-9,20H,2,4,10,18-19H2,1H3,(H,21,22)/b16-15+. The highest BCUT2D eigenvalue weighted by molar-refractivity contribution is 8.02. The molecule has 2 rings (SSSR count). The van der Waals surface area contributed by atoms with Crippen LogP contribution in [0.1, 0.15) is 30.9 Å². The second-order valence-corrected chi connectivity index (χ2v) is 6.30. The van der Waals surface area contributed by atoms with Gasteiger partial charge in [0.25, 0.3) is 0 Å². The summed E-state index contributed by atoms with van der Waals surface area (Å²) in [5.74, 6) is 4.72. The van der Waals surface area contributed by atoms with Gasteiger partial charge in [0, 0.05) is 5.75 Å². The quantitative estimate of drug-likeness (QED) is 0.363. The van der Waals surface area contributed by atoms with Crippen LogP contribution < -0.4 is 17.0 Å². The minimum atomic E-state index is -1.19. The Morgan fingerprint density at radius 1 is 1.35 bits per heavy atom. The monoisotopic (exact) mass is 331 g/mol. The van der Waals surface area contributed by atoms with Crippen molar-refractivity contribution in [2.75, 3.05) is 0 Å². The molecule has 0 fully saturated rings. The van der Waals surface area contributed by atoms with Crippen LogP contribution in [0, 0.1) is 0 Å². The van der Waals surface area contributed by atoms with Crippen molar-refractivity contribution in [2.24, 2.45) is 11.6 Å². The van der Waals surface area contributed by atoms with E-state index in [0.29, 0.717) is 5.75 Å². The lowest BCUT2D eigenvalue weighted by Gasteiger charge is -2.13. The molecule has 0 saturated heterocycles. The largest absolute Gasteiger partial charge is 0.477 e. The number of nitrogens with two attached hydrogens (primary N) is 2. The number of carboxylic acids is 1. The smallest absolute Gasteiger partial charge is 0.354 e. The minimum absolute atomic E-state index is 0.260. The fourth-order valence-electron chi connectivity index (χ4n) is 2.35. The van der Waals surface area contributed by atoms with E-state index in [1.165, 1.54) is 28.5 Å². The van der Waals surface area contributed by atoms with Crippen molar-refractivity contribution >= 4 is 23.3 Å². The number of thioether (sulfide) groups is 1. The average molecular weight is 331 g/mol. The molecule has 0 heterocycles. The van der Waals surface area contributed by atoms with E-state index in [0.717, 1.165) is 18.4 Å². The Kier molecular flexibility index (Phi) is 5.90. The first-order chi connectivity index (χ1) is 11.0. The molecule has 0 spiro atoms. The van der Waals surface area contributed by atoms with Crippen molar-refractivity contribution in [3.05, 3.63) is 63.8 Å². The van der Waals surface area contributed by atoms with Crippen molar-refractivity contribution in [1.82, 2.24) is 5.43 Å². The lowest BCUT2D eigenvalue weighted by atomic mass is 9.93. The van der Waals surface area contributed by atoms with Crippen molar-refractivity contribution < 1.29 is 9.90 Å². The molecule has 0 amide bonds. The number of carbonyl (C=O) groups is 1. The maximum Gasteiger partial charge on any atom is 0.354 e. The maximum atomic E-state index is 10.9. The minimum Gasteiger partial charge on any atom is -0.477 e. The van der Waals surface area contributed by atoms with Crippen LogP contribution in [0.3, 0.4) is 0 Å². The Morgan fingerprint density at radius 2 is 2.04 bits per heavy atom. The lowest BCUT2D eigenvalue weighted by Crippen LogP contribution is -2.26. The van der Waals surface area contributed by atoms with Crippen LogP contribution in [-0.4, -0.2) is 11.1 Å². The summed E-state index contributed by atoms with van der Waals surface area (Å²) < 4.78 is 0. The fraction of sp³-hybridized carbons (Fsp3) is 0.235. The molecule has 0 aliphatic heterocycles. The van der Waals surface area contributed by atoms with Gasteiger partial charge in [0.05, 0.1) is 0 Å². The van der Waals surface area contributed by atoms with E-state index in [2.05, 4.69) is 36.6 Å². The molecule has 0 aromatic heterocycles. The van der Waals surface area contributed by atoms with E-state index in [-0.39, 0.29) is 10.7 Å². The van der Waals surface area contributed by atoms with Crippen LogP contribution in [0.5, 0.6) is 0 Å². The third-order valence-electron chi connectivity index (χ3n) is 3.68. The van der Waals surface area contributed by atoms with Crippen LogP contribution in [0.2, 0.25) is 0 Å². The number of rotatable bonds is 6. The summed E-state index contributed by atoms with van der Waals surface area (Å²) in [7, 11) is 0. The SMILES string of the molecule is CC1=C(c2ccc(CS/C(NN)=C(/N)C(=O)O)cc2)C=CCC1. The number of hydrogen-bond donors (Lipinski definition) is 4. The number of benzene rings is 1. The number of allylic oxidation sites excluding steroid dienone is 4. The molecule has 6 N–H and O–H groups in total. The fourth-order valence-corrected chi connectivity index (χ4v) is 3.18. The molecule has 1 aliphatic rings. The summed E-state index contributed by atoms with van der Waals surface area (Å²) in [5, 5.41) is 9.14. The Morgan fingerprint density at radius 3 is 2.61 bits per heavy atom. The molecule has 23 heavy (non-hydrogen) atoms. The Bertz CT molecular complexity index is 676. The van der Waals surface area contributed by atoms with Crippen LogP contribution in [0.25, 0.3) is 5.57 Å². The molecule has 0 unspecified atom stereocenters. The Labute approximate surface area is 140 Å². The predicted octanol–water partition coefficient (Wildman–Crippen LogP) is 2.72. The van der Waals surface area contributed by atoms with Gasteiger partial charge in [-0.1, -0.05) is 42.0 Å². The molecule has 5 nitrogen and oxygen atoms in total. The van der Waals surface area contributed by atoms with Crippen molar-refractivity contribution in [2.45, 2.75) is 25.5 Å². The van der Waals surface area contributed by atoms with Crippen molar-refractivity contribution in [3.63, 3.8) is 0 Å². The Hall–Kier alpha value is -2.18. The van der Waals surface area contributed by atoms with Gasteiger partial charge in [0.15, 0.2) is 0 Å². The molecule has 0 atom stereocenters. The zero-order chi connectivity index (χ0) is 16.8. The highest BCUT2D eigenvalue weighted by Crippen LogP contribution is 2.28. The molecule has 1 aliphatic carbocycles. The first kappa shape index (κ1) is 17.2. The zero-order valence-corrected chi connectivity index (χ0v) is 13.8. The number of hydrogen-bond acceptors (Lipinski definition) is 5. The van der Waals surface area contributed by atoms with E-state index in [1.807, 2.05) is 12.1 Å². The second-order valence-electron chi connectivity index (χ2n) is 5.31. The number of carboxylic acid groups (broad SMARTS) is 1. The lowest BCUT2D eigenvalue weighted by molar-refractivity contribution is -0.132. The molecule has 0 bridgehead atoms. The first-order valence-electron chi connectivity index (χ1n) is 7.31. The predicted molar refractivity (Wildman–Crippen MR) is 94.9 cm³/mol. The van der Waals surface area contributed by atoms with Crippen molar-refractivity contribution in [1.29, 1.82) is 0 Å². The van der Waals surface area contributed by atoms with E-state index >= 15 is 0 Å². The summed E-state index contributed by atoms with van der Waals surface area (Å²) in [4.78, 5) is 10.9. The van der Waals surface area contributed by atoms with Crippen molar-refractivity contribution in [3.8, 4) is 0 Å². The van der Waals surface area contributed by atoms with Gasteiger partial charge in [-0.3, -0.25) is 0 Å². The molecule has 122 valence electrons. The zero-order valence-electron chi connectivity index (χ0n) is 13.0. The molecule has 6 heteroatoms. The van der Waals surface area contributed by atoms with Gasteiger partial charge in [-0.15, -0.1) is 11.8 Å². The van der Waals surface area contributed by atoms with Crippen LogP contribution in [-0.2, 0) is 10.5 Å². The van der Waals surface area contributed by atoms with E-state index in [4.69, 9.17) is 16.7 Å². The average Bonchev–Trinajstić information content (AvgIpc) is 2.56. The number of nitrogens with one attached hydrogen (secondary N) is 1. The summed E-state index contributed by atoms with van der Waals surface area (Å²) in [6.45, 7) is 2.17.